The molecule has 6 heteroatoms. The zero-order valence-corrected chi connectivity index (χ0v) is 19.4. The maximum absolute atomic E-state index is 13.4. The number of hydrogen-bond donors (Lipinski definition) is 0. The van der Waals surface area contributed by atoms with Gasteiger partial charge in [0.25, 0.3) is 0 Å². The predicted molar refractivity (Wildman–Crippen MR) is 122 cm³/mol. The Hall–Kier alpha value is -1.85. The molecule has 1 unspecified atom stereocenters. The highest BCUT2D eigenvalue weighted by molar-refractivity contribution is 7.10. The Morgan fingerprint density at radius 2 is 1.87 bits per heavy atom. The molecule has 2 amide bonds. The molecule has 160 valence electrons. The Kier molecular flexibility index (Phi) is 5.95. The van der Waals surface area contributed by atoms with Crippen molar-refractivity contribution < 1.29 is 9.59 Å². The van der Waals surface area contributed by atoms with Crippen LogP contribution in [0.3, 0.4) is 0 Å². The van der Waals surface area contributed by atoms with Crippen LogP contribution in [-0.2, 0) is 21.4 Å². The number of halogens is 1. The average molecular weight is 445 g/mol. The quantitative estimate of drug-likeness (QED) is 0.624. The van der Waals surface area contributed by atoms with Gasteiger partial charge >= 0.3 is 0 Å². The lowest BCUT2D eigenvalue weighted by atomic mass is 9.85. The van der Waals surface area contributed by atoms with Gasteiger partial charge in [0.2, 0.25) is 11.8 Å². The summed E-state index contributed by atoms with van der Waals surface area (Å²) in [5.74, 6) is -0.218. The van der Waals surface area contributed by atoms with Gasteiger partial charge in [0.15, 0.2) is 0 Å². The van der Waals surface area contributed by atoms with Crippen molar-refractivity contribution in [2.24, 2.45) is 0 Å². The molecule has 1 aliphatic heterocycles. The molecule has 1 saturated carbocycles. The predicted octanol–water partition coefficient (Wildman–Crippen LogP) is 4.75. The van der Waals surface area contributed by atoms with Crippen LogP contribution in [0.25, 0.3) is 0 Å². The summed E-state index contributed by atoms with van der Waals surface area (Å²) in [4.78, 5) is 30.7. The number of carbonyl (C=O) groups excluding carboxylic acids is 2. The van der Waals surface area contributed by atoms with Crippen LogP contribution < -0.4 is 0 Å². The molecule has 1 aromatic heterocycles. The highest BCUT2D eigenvalue weighted by Crippen LogP contribution is 2.39. The van der Waals surface area contributed by atoms with Crippen molar-refractivity contribution in [3.63, 3.8) is 0 Å². The Morgan fingerprint density at radius 1 is 1.17 bits per heavy atom. The van der Waals surface area contributed by atoms with Crippen LogP contribution in [0.5, 0.6) is 0 Å². The van der Waals surface area contributed by atoms with E-state index >= 15 is 0 Å². The average Bonchev–Trinajstić information content (AvgIpc) is 3.46. The van der Waals surface area contributed by atoms with Crippen molar-refractivity contribution in [1.29, 1.82) is 0 Å². The maximum atomic E-state index is 13.4. The highest BCUT2D eigenvalue weighted by Gasteiger charge is 2.37. The van der Waals surface area contributed by atoms with E-state index in [0.29, 0.717) is 6.54 Å². The second-order valence-electron chi connectivity index (χ2n) is 9.30. The normalized spacial score (nSPS) is 18.8. The molecule has 30 heavy (non-hydrogen) atoms. The largest absolute Gasteiger partial charge is 0.330 e. The van der Waals surface area contributed by atoms with Crippen molar-refractivity contribution in [2.75, 3.05) is 19.0 Å². The third-order valence-corrected chi connectivity index (χ3v) is 7.33. The van der Waals surface area contributed by atoms with Crippen LogP contribution in [0.15, 0.2) is 35.7 Å². The summed E-state index contributed by atoms with van der Waals surface area (Å²) >= 11 is 7.56. The molecule has 0 bridgehead atoms. The molecular formula is C24H29ClN2O2S. The first kappa shape index (κ1) is 21.4. The van der Waals surface area contributed by atoms with Crippen molar-refractivity contribution in [3.8, 4) is 0 Å². The SMILES string of the molecule is CC(C)(C)c1ccc(C2c3ccsc3CCN2C(=O)CN(C(=O)CCl)C2CC2)cc1. The van der Waals surface area contributed by atoms with Gasteiger partial charge < -0.3 is 9.80 Å². The van der Waals surface area contributed by atoms with E-state index in [2.05, 4.69) is 56.5 Å². The van der Waals surface area contributed by atoms with Crippen molar-refractivity contribution >= 4 is 34.8 Å². The highest BCUT2D eigenvalue weighted by atomic mass is 35.5. The molecule has 2 aromatic rings. The topological polar surface area (TPSA) is 40.6 Å². The van der Waals surface area contributed by atoms with E-state index < -0.39 is 0 Å². The molecule has 1 fully saturated rings. The Balaban J connectivity index is 1.63. The van der Waals surface area contributed by atoms with Crippen LogP contribution in [0.4, 0.5) is 0 Å². The number of thiophene rings is 1. The number of fused-ring (bicyclic) bond motifs is 1. The van der Waals surface area contributed by atoms with Crippen molar-refractivity contribution in [1.82, 2.24) is 9.80 Å². The number of benzene rings is 1. The van der Waals surface area contributed by atoms with Gasteiger partial charge in [-0.1, -0.05) is 45.0 Å². The molecule has 4 rings (SSSR count). The van der Waals surface area contributed by atoms with Gasteiger partial charge in [-0.15, -0.1) is 22.9 Å². The molecule has 0 N–H and O–H groups in total. The first-order valence-electron chi connectivity index (χ1n) is 10.6. The fraction of sp³-hybridized carbons (Fsp3) is 0.500. The molecule has 0 radical (unpaired) electrons. The molecule has 1 aromatic carbocycles. The lowest BCUT2D eigenvalue weighted by molar-refractivity contribution is -0.141. The number of rotatable bonds is 5. The standard InChI is InChI=1S/C24H29ClN2O2S/c1-24(2,3)17-6-4-16(5-7-17)23-19-11-13-30-20(19)10-12-26(23)22(29)15-27(18-8-9-18)21(28)14-25/h4-7,11,13,18,23H,8-10,12,14-15H2,1-3H3. The van der Waals surface area contributed by atoms with Gasteiger partial charge in [0, 0.05) is 17.5 Å². The lowest BCUT2D eigenvalue weighted by Crippen LogP contribution is -2.47. The summed E-state index contributed by atoms with van der Waals surface area (Å²) in [6, 6.07) is 10.9. The molecule has 0 spiro atoms. The molecule has 0 saturated heterocycles. The van der Waals surface area contributed by atoms with E-state index in [4.69, 9.17) is 11.6 Å². The summed E-state index contributed by atoms with van der Waals surface area (Å²) in [6.45, 7) is 7.40. The van der Waals surface area contributed by atoms with E-state index in [9.17, 15) is 9.59 Å². The van der Waals surface area contributed by atoms with E-state index in [-0.39, 0.29) is 41.7 Å². The first-order chi connectivity index (χ1) is 14.3. The summed E-state index contributed by atoms with van der Waals surface area (Å²) < 4.78 is 0. The van der Waals surface area contributed by atoms with Crippen LogP contribution >= 0.6 is 22.9 Å². The molecule has 2 aliphatic rings. The Labute approximate surface area is 187 Å². The van der Waals surface area contributed by atoms with Crippen molar-refractivity contribution in [2.45, 2.75) is 57.5 Å². The molecule has 2 heterocycles. The minimum atomic E-state index is -0.146. The van der Waals surface area contributed by atoms with Gasteiger partial charge in [-0.3, -0.25) is 9.59 Å². The minimum Gasteiger partial charge on any atom is -0.330 e. The zero-order chi connectivity index (χ0) is 21.5. The van der Waals surface area contributed by atoms with Gasteiger partial charge in [-0.2, -0.15) is 0 Å². The van der Waals surface area contributed by atoms with Gasteiger partial charge in [0.05, 0.1) is 6.04 Å². The number of nitrogens with zero attached hydrogens (tertiary/aromatic N) is 2. The van der Waals surface area contributed by atoms with Crippen LogP contribution in [-0.4, -0.2) is 46.6 Å². The zero-order valence-electron chi connectivity index (χ0n) is 17.9. The monoisotopic (exact) mass is 444 g/mol. The van der Waals surface area contributed by atoms with Crippen LogP contribution in [0, 0.1) is 0 Å². The molecule has 1 atom stereocenters. The minimum absolute atomic E-state index is 0.00196. The lowest BCUT2D eigenvalue weighted by Gasteiger charge is -2.38. The summed E-state index contributed by atoms with van der Waals surface area (Å²) in [5.41, 5.74) is 3.70. The fourth-order valence-electron chi connectivity index (χ4n) is 4.23. The second-order valence-corrected chi connectivity index (χ2v) is 10.6. The summed E-state index contributed by atoms with van der Waals surface area (Å²) in [7, 11) is 0. The third-order valence-electron chi connectivity index (χ3n) is 6.11. The van der Waals surface area contributed by atoms with E-state index in [1.165, 1.54) is 16.0 Å². The van der Waals surface area contributed by atoms with Gasteiger partial charge in [-0.05, 0) is 52.8 Å². The van der Waals surface area contributed by atoms with E-state index in [0.717, 1.165) is 24.8 Å². The fourth-order valence-corrected chi connectivity index (χ4v) is 5.29. The van der Waals surface area contributed by atoms with Crippen LogP contribution in [0.2, 0.25) is 0 Å². The van der Waals surface area contributed by atoms with Gasteiger partial charge in [-0.25, -0.2) is 0 Å². The maximum Gasteiger partial charge on any atom is 0.243 e. The number of hydrogen-bond acceptors (Lipinski definition) is 3. The van der Waals surface area contributed by atoms with Crippen molar-refractivity contribution in [3.05, 3.63) is 57.3 Å². The molecule has 1 aliphatic carbocycles. The second kappa shape index (κ2) is 8.35. The number of amides is 2. The third kappa shape index (κ3) is 4.28. The Bertz CT molecular complexity index is 927. The summed E-state index contributed by atoms with van der Waals surface area (Å²) in [5, 5.41) is 2.11. The first-order valence-corrected chi connectivity index (χ1v) is 12.0. The molecule has 4 nitrogen and oxygen atoms in total. The summed E-state index contributed by atoms with van der Waals surface area (Å²) in [6.07, 6.45) is 2.78. The van der Waals surface area contributed by atoms with E-state index in [1.807, 2.05) is 4.90 Å². The van der Waals surface area contributed by atoms with Crippen LogP contribution in [0.1, 0.15) is 61.2 Å². The Morgan fingerprint density at radius 3 is 2.47 bits per heavy atom. The van der Waals surface area contributed by atoms with Gasteiger partial charge in [0.1, 0.15) is 12.4 Å². The number of alkyl halides is 1. The molecular weight excluding hydrogens is 416 g/mol. The number of carbonyl (C=O) groups is 2. The van der Waals surface area contributed by atoms with E-state index in [1.54, 1.807) is 16.2 Å². The smallest absolute Gasteiger partial charge is 0.243 e.